The van der Waals surface area contributed by atoms with Crippen LogP contribution in [0.4, 0.5) is 0 Å². The zero-order valence-electron chi connectivity index (χ0n) is 10.8. The predicted molar refractivity (Wildman–Crippen MR) is 66.6 cm³/mol. The maximum atomic E-state index is 12.4. The standard InChI is InChI=1S/C13H24N2O2/c1-13(6-2-10-17-13)12(16)15-8-4-11(3-7-14)5-9-15/h11H,2-10,14H2,1H3. The molecule has 0 aromatic carbocycles. The van der Waals surface area contributed by atoms with Gasteiger partial charge in [0.1, 0.15) is 5.60 Å². The molecule has 17 heavy (non-hydrogen) atoms. The van der Waals surface area contributed by atoms with Crippen LogP contribution in [-0.4, -0.2) is 42.6 Å². The van der Waals surface area contributed by atoms with Gasteiger partial charge in [0.05, 0.1) is 0 Å². The molecule has 0 bridgehead atoms. The highest BCUT2D eigenvalue weighted by Gasteiger charge is 2.41. The van der Waals surface area contributed by atoms with Gasteiger partial charge in [-0.2, -0.15) is 0 Å². The van der Waals surface area contributed by atoms with E-state index in [-0.39, 0.29) is 5.91 Å². The third-order valence-corrected chi connectivity index (χ3v) is 4.15. The van der Waals surface area contributed by atoms with Gasteiger partial charge in [-0.15, -0.1) is 0 Å². The van der Waals surface area contributed by atoms with Crippen molar-refractivity contribution in [1.82, 2.24) is 4.90 Å². The number of likely N-dealkylation sites (tertiary alicyclic amines) is 1. The normalized spacial score (nSPS) is 30.8. The highest BCUT2D eigenvalue weighted by Crippen LogP contribution is 2.29. The number of piperidine rings is 1. The van der Waals surface area contributed by atoms with Crippen molar-refractivity contribution in [2.45, 2.75) is 44.6 Å². The summed E-state index contributed by atoms with van der Waals surface area (Å²) in [6.07, 6.45) is 5.16. The fourth-order valence-electron chi connectivity index (χ4n) is 2.94. The lowest BCUT2D eigenvalue weighted by Crippen LogP contribution is -2.49. The highest BCUT2D eigenvalue weighted by atomic mass is 16.5. The summed E-state index contributed by atoms with van der Waals surface area (Å²) >= 11 is 0. The molecule has 2 fully saturated rings. The average Bonchev–Trinajstić information content (AvgIpc) is 2.78. The molecule has 0 aromatic heterocycles. The quantitative estimate of drug-likeness (QED) is 0.805. The first kappa shape index (κ1) is 12.8. The second-order valence-corrected chi connectivity index (χ2v) is 5.50. The van der Waals surface area contributed by atoms with Crippen LogP contribution in [0, 0.1) is 5.92 Å². The molecule has 2 heterocycles. The molecule has 4 nitrogen and oxygen atoms in total. The highest BCUT2D eigenvalue weighted by molar-refractivity contribution is 5.85. The van der Waals surface area contributed by atoms with Crippen LogP contribution in [-0.2, 0) is 9.53 Å². The van der Waals surface area contributed by atoms with Crippen LogP contribution >= 0.6 is 0 Å². The van der Waals surface area contributed by atoms with E-state index < -0.39 is 5.60 Å². The lowest BCUT2D eigenvalue weighted by molar-refractivity contribution is -0.152. The monoisotopic (exact) mass is 240 g/mol. The summed E-state index contributed by atoms with van der Waals surface area (Å²) in [6.45, 7) is 5.19. The molecular weight excluding hydrogens is 216 g/mol. The zero-order valence-corrected chi connectivity index (χ0v) is 10.8. The minimum absolute atomic E-state index is 0.196. The Bertz CT molecular complexity index is 267. The molecule has 2 rings (SSSR count). The molecule has 2 N–H and O–H groups in total. The van der Waals surface area contributed by atoms with Crippen LogP contribution < -0.4 is 5.73 Å². The summed E-state index contributed by atoms with van der Waals surface area (Å²) in [5.41, 5.74) is 5.03. The van der Waals surface area contributed by atoms with Gasteiger partial charge in [-0.3, -0.25) is 4.79 Å². The fourth-order valence-corrected chi connectivity index (χ4v) is 2.94. The van der Waals surface area contributed by atoms with E-state index in [1.54, 1.807) is 0 Å². The van der Waals surface area contributed by atoms with Crippen molar-refractivity contribution < 1.29 is 9.53 Å². The fraction of sp³-hybridized carbons (Fsp3) is 0.923. The number of amides is 1. The molecule has 1 unspecified atom stereocenters. The Morgan fingerprint density at radius 2 is 2.18 bits per heavy atom. The van der Waals surface area contributed by atoms with Crippen molar-refractivity contribution in [3.63, 3.8) is 0 Å². The number of hydrogen-bond donors (Lipinski definition) is 1. The van der Waals surface area contributed by atoms with Crippen molar-refractivity contribution in [2.24, 2.45) is 11.7 Å². The number of hydrogen-bond acceptors (Lipinski definition) is 3. The van der Waals surface area contributed by atoms with Gasteiger partial charge in [0.15, 0.2) is 0 Å². The molecular formula is C13H24N2O2. The Labute approximate surface area is 103 Å². The van der Waals surface area contributed by atoms with Crippen LogP contribution in [0.5, 0.6) is 0 Å². The second kappa shape index (κ2) is 5.36. The molecule has 0 aliphatic carbocycles. The van der Waals surface area contributed by atoms with E-state index in [0.717, 1.165) is 58.3 Å². The minimum atomic E-state index is -0.541. The maximum Gasteiger partial charge on any atom is 0.254 e. The summed E-state index contributed by atoms with van der Waals surface area (Å²) in [7, 11) is 0. The van der Waals surface area contributed by atoms with Gasteiger partial charge in [0.25, 0.3) is 5.91 Å². The smallest absolute Gasteiger partial charge is 0.254 e. The molecule has 2 aliphatic heterocycles. The Hall–Kier alpha value is -0.610. The average molecular weight is 240 g/mol. The van der Waals surface area contributed by atoms with Gasteiger partial charge in [0.2, 0.25) is 0 Å². The Balaban J connectivity index is 1.86. The Morgan fingerprint density at radius 3 is 2.71 bits per heavy atom. The van der Waals surface area contributed by atoms with E-state index in [4.69, 9.17) is 10.5 Å². The van der Waals surface area contributed by atoms with E-state index in [0.29, 0.717) is 5.92 Å². The molecule has 0 saturated carbocycles. The van der Waals surface area contributed by atoms with Crippen LogP contribution in [0.15, 0.2) is 0 Å². The number of nitrogens with zero attached hydrogens (tertiary/aromatic N) is 1. The van der Waals surface area contributed by atoms with Crippen LogP contribution in [0.1, 0.15) is 39.0 Å². The number of rotatable bonds is 3. The molecule has 1 atom stereocenters. The van der Waals surface area contributed by atoms with E-state index in [2.05, 4.69) is 0 Å². The van der Waals surface area contributed by atoms with Crippen LogP contribution in [0.3, 0.4) is 0 Å². The number of nitrogens with two attached hydrogens (primary N) is 1. The van der Waals surface area contributed by atoms with Crippen molar-refractivity contribution in [2.75, 3.05) is 26.2 Å². The molecule has 2 saturated heterocycles. The van der Waals surface area contributed by atoms with Gasteiger partial charge < -0.3 is 15.4 Å². The summed E-state index contributed by atoms with van der Waals surface area (Å²) in [4.78, 5) is 14.3. The molecule has 0 aromatic rings. The molecule has 0 radical (unpaired) electrons. The molecule has 0 spiro atoms. The maximum absolute atomic E-state index is 12.4. The summed E-state index contributed by atoms with van der Waals surface area (Å²) in [5, 5.41) is 0. The van der Waals surface area contributed by atoms with Crippen LogP contribution in [0.2, 0.25) is 0 Å². The van der Waals surface area contributed by atoms with Crippen molar-refractivity contribution in [1.29, 1.82) is 0 Å². The summed E-state index contributed by atoms with van der Waals surface area (Å²) < 4.78 is 5.62. The van der Waals surface area contributed by atoms with Gasteiger partial charge in [-0.05, 0) is 51.5 Å². The van der Waals surface area contributed by atoms with E-state index in [1.165, 1.54) is 0 Å². The van der Waals surface area contributed by atoms with Crippen molar-refractivity contribution in [3.05, 3.63) is 0 Å². The Morgan fingerprint density at radius 1 is 1.47 bits per heavy atom. The molecule has 1 amide bonds. The summed E-state index contributed by atoms with van der Waals surface area (Å²) in [5.74, 6) is 0.905. The first-order valence-corrected chi connectivity index (χ1v) is 6.79. The van der Waals surface area contributed by atoms with E-state index in [9.17, 15) is 4.79 Å². The van der Waals surface area contributed by atoms with Gasteiger partial charge in [-0.25, -0.2) is 0 Å². The Kier molecular flexibility index (Phi) is 4.05. The third-order valence-electron chi connectivity index (χ3n) is 4.15. The van der Waals surface area contributed by atoms with Gasteiger partial charge in [-0.1, -0.05) is 0 Å². The first-order chi connectivity index (χ1) is 8.15. The zero-order chi connectivity index (χ0) is 12.3. The van der Waals surface area contributed by atoms with Crippen molar-refractivity contribution >= 4 is 5.91 Å². The number of ether oxygens (including phenoxy) is 1. The number of carbonyl (C=O) groups is 1. The largest absolute Gasteiger partial charge is 0.365 e. The van der Waals surface area contributed by atoms with Crippen LogP contribution in [0.25, 0.3) is 0 Å². The first-order valence-electron chi connectivity index (χ1n) is 6.79. The number of carbonyl (C=O) groups excluding carboxylic acids is 1. The molecule has 4 heteroatoms. The molecule has 2 aliphatic rings. The molecule has 98 valence electrons. The lowest BCUT2D eigenvalue weighted by Gasteiger charge is -2.36. The summed E-state index contributed by atoms with van der Waals surface area (Å²) in [6, 6.07) is 0. The van der Waals surface area contributed by atoms with Gasteiger partial charge in [0, 0.05) is 19.7 Å². The predicted octanol–water partition coefficient (Wildman–Crippen LogP) is 1.14. The third kappa shape index (κ3) is 2.80. The van der Waals surface area contributed by atoms with Crippen molar-refractivity contribution in [3.8, 4) is 0 Å². The minimum Gasteiger partial charge on any atom is -0.365 e. The van der Waals surface area contributed by atoms with E-state index >= 15 is 0 Å². The lowest BCUT2D eigenvalue weighted by atomic mass is 9.92. The van der Waals surface area contributed by atoms with E-state index in [1.807, 2.05) is 11.8 Å². The topological polar surface area (TPSA) is 55.6 Å². The second-order valence-electron chi connectivity index (χ2n) is 5.50. The SMILES string of the molecule is CC1(C(=O)N2CCC(CCN)CC2)CCCO1. The van der Waals surface area contributed by atoms with Gasteiger partial charge >= 0.3 is 0 Å².